The van der Waals surface area contributed by atoms with E-state index in [4.69, 9.17) is 5.73 Å². The predicted molar refractivity (Wildman–Crippen MR) is 74.5 cm³/mol. The van der Waals surface area contributed by atoms with E-state index in [9.17, 15) is 4.39 Å². The van der Waals surface area contributed by atoms with Crippen molar-refractivity contribution in [2.45, 2.75) is 10.6 Å². The second-order valence-corrected chi connectivity index (χ2v) is 5.41. The highest BCUT2D eigenvalue weighted by Gasteiger charge is 2.05. The van der Waals surface area contributed by atoms with Crippen molar-refractivity contribution >= 4 is 33.4 Å². The van der Waals surface area contributed by atoms with Crippen molar-refractivity contribution in [2.75, 3.05) is 5.73 Å². The van der Waals surface area contributed by atoms with E-state index < -0.39 is 0 Å². The summed E-state index contributed by atoms with van der Waals surface area (Å²) in [6.45, 7) is 0. The number of thioether (sulfide) groups is 1. The van der Waals surface area contributed by atoms with Crippen molar-refractivity contribution in [3.8, 4) is 0 Å². The summed E-state index contributed by atoms with van der Waals surface area (Å²) in [5.41, 5.74) is 7.31. The zero-order valence-corrected chi connectivity index (χ0v) is 11.4. The number of benzene rings is 2. The van der Waals surface area contributed by atoms with Gasteiger partial charge in [-0.15, -0.1) is 11.8 Å². The molecule has 0 saturated heterocycles. The molecule has 0 aromatic heterocycles. The lowest BCUT2D eigenvalue weighted by molar-refractivity contribution is 0.619. The van der Waals surface area contributed by atoms with Crippen LogP contribution < -0.4 is 5.73 Å². The summed E-state index contributed by atoms with van der Waals surface area (Å²) in [4.78, 5) is 1.12. The lowest BCUT2D eigenvalue weighted by Gasteiger charge is -2.05. The van der Waals surface area contributed by atoms with Gasteiger partial charge in [0.15, 0.2) is 0 Å². The molecular formula is C13H11BrFNS. The van der Waals surface area contributed by atoms with Crippen LogP contribution in [0.3, 0.4) is 0 Å². The van der Waals surface area contributed by atoms with Gasteiger partial charge in [-0.2, -0.15) is 0 Å². The maximum Gasteiger partial charge on any atom is 0.137 e. The lowest BCUT2D eigenvalue weighted by Crippen LogP contribution is -1.87. The summed E-state index contributed by atoms with van der Waals surface area (Å²) in [6.07, 6.45) is 0. The topological polar surface area (TPSA) is 26.0 Å². The third kappa shape index (κ3) is 3.23. The highest BCUT2D eigenvalue weighted by Crippen LogP contribution is 2.28. The molecule has 2 rings (SSSR count). The molecule has 0 radical (unpaired) electrons. The summed E-state index contributed by atoms with van der Waals surface area (Å²) in [7, 11) is 0. The zero-order valence-electron chi connectivity index (χ0n) is 8.99. The summed E-state index contributed by atoms with van der Waals surface area (Å²) < 4.78 is 13.8. The molecule has 0 heterocycles. The van der Waals surface area contributed by atoms with E-state index in [1.54, 1.807) is 17.8 Å². The molecule has 2 N–H and O–H groups in total. The van der Waals surface area contributed by atoms with Crippen molar-refractivity contribution in [1.29, 1.82) is 0 Å². The molecule has 1 nitrogen and oxygen atoms in total. The molecule has 88 valence electrons. The average Bonchev–Trinajstić information content (AvgIpc) is 2.33. The first-order chi connectivity index (χ1) is 8.16. The number of halogens is 2. The maximum absolute atomic E-state index is 13.3. The van der Waals surface area contributed by atoms with Gasteiger partial charge in [-0.05, 0) is 51.8 Å². The van der Waals surface area contributed by atoms with Crippen LogP contribution in [0.25, 0.3) is 0 Å². The predicted octanol–water partition coefficient (Wildman–Crippen LogP) is 4.46. The highest BCUT2D eigenvalue weighted by molar-refractivity contribution is 9.10. The van der Waals surface area contributed by atoms with Crippen molar-refractivity contribution in [2.24, 2.45) is 0 Å². The van der Waals surface area contributed by atoms with Gasteiger partial charge in [-0.3, -0.25) is 0 Å². The fourth-order valence-electron chi connectivity index (χ4n) is 1.39. The summed E-state index contributed by atoms with van der Waals surface area (Å²) in [5.74, 6) is 0.503. The Labute approximate surface area is 112 Å². The monoisotopic (exact) mass is 311 g/mol. The van der Waals surface area contributed by atoms with Crippen LogP contribution in [0.5, 0.6) is 0 Å². The summed E-state index contributed by atoms with van der Waals surface area (Å²) in [5, 5.41) is 0. The molecule has 0 unspecified atom stereocenters. The zero-order chi connectivity index (χ0) is 12.3. The first-order valence-electron chi connectivity index (χ1n) is 5.08. The Morgan fingerprint density at radius 2 is 1.82 bits per heavy atom. The first kappa shape index (κ1) is 12.5. The van der Waals surface area contributed by atoms with Gasteiger partial charge in [0.25, 0.3) is 0 Å². The van der Waals surface area contributed by atoms with Crippen LogP contribution >= 0.6 is 27.7 Å². The van der Waals surface area contributed by atoms with E-state index >= 15 is 0 Å². The third-order valence-corrected chi connectivity index (χ3v) is 4.25. The van der Waals surface area contributed by atoms with Crippen LogP contribution in [-0.2, 0) is 5.75 Å². The third-order valence-electron chi connectivity index (χ3n) is 2.31. The van der Waals surface area contributed by atoms with E-state index in [2.05, 4.69) is 15.9 Å². The van der Waals surface area contributed by atoms with E-state index in [0.29, 0.717) is 4.47 Å². The minimum absolute atomic E-state index is 0.222. The number of anilines is 1. The molecule has 0 saturated carbocycles. The van der Waals surface area contributed by atoms with Crippen LogP contribution in [0.4, 0.5) is 10.1 Å². The number of nitrogens with two attached hydrogens (primary N) is 1. The second-order valence-electron chi connectivity index (χ2n) is 3.57. The Morgan fingerprint density at radius 3 is 2.53 bits per heavy atom. The molecule has 0 aliphatic heterocycles. The molecule has 0 amide bonds. The standard InChI is InChI=1S/C13H11BrFNS/c14-13-9(2-1-3-12(13)15)8-17-11-6-4-10(16)5-7-11/h1-7H,8,16H2. The first-order valence-corrected chi connectivity index (χ1v) is 6.86. The normalized spacial score (nSPS) is 10.5. The van der Waals surface area contributed by atoms with Gasteiger partial charge in [0.05, 0.1) is 4.47 Å². The van der Waals surface area contributed by atoms with Crippen molar-refractivity contribution in [3.05, 3.63) is 58.3 Å². The smallest absolute Gasteiger partial charge is 0.137 e. The number of hydrogen-bond acceptors (Lipinski definition) is 2. The van der Waals surface area contributed by atoms with Gasteiger partial charge in [0, 0.05) is 16.3 Å². The lowest BCUT2D eigenvalue weighted by atomic mass is 10.2. The van der Waals surface area contributed by atoms with E-state index in [-0.39, 0.29) is 5.82 Å². The maximum atomic E-state index is 13.3. The van der Waals surface area contributed by atoms with Gasteiger partial charge in [0.2, 0.25) is 0 Å². The SMILES string of the molecule is Nc1ccc(SCc2cccc(F)c2Br)cc1. The van der Waals surface area contributed by atoms with Gasteiger partial charge in [-0.1, -0.05) is 12.1 Å². The van der Waals surface area contributed by atoms with Crippen LogP contribution in [0, 0.1) is 5.82 Å². The minimum atomic E-state index is -0.222. The molecule has 2 aromatic rings. The minimum Gasteiger partial charge on any atom is -0.399 e. The number of rotatable bonds is 3. The van der Waals surface area contributed by atoms with Gasteiger partial charge in [0.1, 0.15) is 5.82 Å². The Morgan fingerprint density at radius 1 is 1.12 bits per heavy atom. The molecule has 0 atom stereocenters. The fourth-order valence-corrected chi connectivity index (χ4v) is 2.87. The molecular weight excluding hydrogens is 301 g/mol. The summed E-state index contributed by atoms with van der Waals surface area (Å²) >= 11 is 4.91. The number of nitrogen functional groups attached to an aromatic ring is 1. The van der Waals surface area contributed by atoms with E-state index in [1.807, 2.05) is 30.3 Å². The molecule has 0 bridgehead atoms. The quantitative estimate of drug-likeness (QED) is 0.669. The average molecular weight is 312 g/mol. The van der Waals surface area contributed by atoms with E-state index in [1.165, 1.54) is 6.07 Å². The highest BCUT2D eigenvalue weighted by atomic mass is 79.9. The van der Waals surface area contributed by atoms with Crippen LogP contribution in [0.15, 0.2) is 51.8 Å². The molecule has 2 aromatic carbocycles. The van der Waals surface area contributed by atoms with Crippen molar-refractivity contribution < 1.29 is 4.39 Å². The Bertz CT molecular complexity index is 513. The van der Waals surface area contributed by atoms with Gasteiger partial charge in [-0.25, -0.2) is 4.39 Å². The molecule has 0 fully saturated rings. The molecule has 4 heteroatoms. The Kier molecular flexibility index (Phi) is 4.07. The Hall–Kier alpha value is -1.00. The molecule has 0 aliphatic rings. The largest absolute Gasteiger partial charge is 0.399 e. The van der Waals surface area contributed by atoms with Crippen molar-refractivity contribution in [3.63, 3.8) is 0 Å². The van der Waals surface area contributed by atoms with Crippen LogP contribution in [0.2, 0.25) is 0 Å². The van der Waals surface area contributed by atoms with Crippen molar-refractivity contribution in [1.82, 2.24) is 0 Å². The molecule has 17 heavy (non-hydrogen) atoms. The second kappa shape index (κ2) is 5.56. The fraction of sp³-hybridized carbons (Fsp3) is 0.0769. The summed E-state index contributed by atoms with van der Waals surface area (Å²) in [6, 6.07) is 12.7. The van der Waals surface area contributed by atoms with Crippen LogP contribution in [0.1, 0.15) is 5.56 Å². The van der Waals surface area contributed by atoms with Gasteiger partial charge >= 0.3 is 0 Å². The molecule has 0 spiro atoms. The number of hydrogen-bond donors (Lipinski definition) is 1. The Balaban J connectivity index is 2.07. The van der Waals surface area contributed by atoms with Crippen LogP contribution in [-0.4, -0.2) is 0 Å². The van der Waals surface area contributed by atoms with E-state index in [0.717, 1.165) is 21.9 Å². The van der Waals surface area contributed by atoms with Gasteiger partial charge < -0.3 is 5.73 Å². The molecule has 0 aliphatic carbocycles.